The molecule has 1 spiro atoms. The van der Waals surface area contributed by atoms with E-state index in [-0.39, 0.29) is 36.0 Å². The number of rotatable bonds is 13. The third-order valence-corrected chi connectivity index (χ3v) is 15.1. The summed E-state index contributed by atoms with van der Waals surface area (Å²) in [6.07, 6.45) is 2.60. The fraction of sp³-hybridized carbons (Fsp3) is 0.385. The number of aryl methyl sites for hydroxylation is 1. The molecular formula is C39H47N5O6Si. The second-order valence-electron chi connectivity index (χ2n) is 14.1. The fourth-order valence-corrected chi connectivity index (χ4v) is 12.2. The van der Waals surface area contributed by atoms with Crippen LogP contribution in [-0.2, 0) is 26.5 Å². The van der Waals surface area contributed by atoms with E-state index in [1.807, 2.05) is 60.8 Å². The first-order valence-electron chi connectivity index (χ1n) is 17.4. The Hall–Kier alpha value is -4.62. The van der Waals surface area contributed by atoms with Crippen LogP contribution in [0.25, 0.3) is 0 Å². The first-order valence-corrected chi connectivity index (χ1v) is 20.5. The van der Waals surface area contributed by atoms with Crippen molar-refractivity contribution in [1.82, 2.24) is 15.0 Å². The Balaban J connectivity index is 1.39. The number of aliphatic hydroxyl groups excluding tert-OH is 2. The molecule has 12 heteroatoms. The Bertz CT molecular complexity index is 1880. The summed E-state index contributed by atoms with van der Waals surface area (Å²) in [6.45, 7) is 12.8. The van der Waals surface area contributed by atoms with E-state index in [1.165, 1.54) is 12.1 Å². The Labute approximate surface area is 299 Å². The van der Waals surface area contributed by atoms with Crippen molar-refractivity contribution < 1.29 is 29.3 Å². The highest BCUT2D eigenvalue weighted by atomic mass is 28.3. The van der Waals surface area contributed by atoms with Gasteiger partial charge in [-0.25, -0.2) is 0 Å². The zero-order chi connectivity index (χ0) is 36.5. The van der Waals surface area contributed by atoms with Crippen molar-refractivity contribution in [2.75, 3.05) is 30.5 Å². The third-order valence-electron chi connectivity index (χ3n) is 10.7. The molecule has 3 aromatic carbocycles. The van der Waals surface area contributed by atoms with Crippen molar-refractivity contribution in [2.24, 2.45) is 5.92 Å². The van der Waals surface area contributed by atoms with Crippen molar-refractivity contribution in [3.05, 3.63) is 108 Å². The van der Waals surface area contributed by atoms with Gasteiger partial charge in [0, 0.05) is 36.5 Å². The molecule has 1 fully saturated rings. The average Bonchev–Trinajstić information content (AvgIpc) is 3.78. The second-order valence-corrected chi connectivity index (χ2v) is 18.8. The molecule has 0 bridgehead atoms. The smallest absolute Gasteiger partial charge is 0.264 e. The summed E-state index contributed by atoms with van der Waals surface area (Å²) in [4.78, 5) is 29.0. The van der Waals surface area contributed by atoms with E-state index >= 15 is 0 Å². The quantitative estimate of drug-likeness (QED) is 0.136. The van der Waals surface area contributed by atoms with Gasteiger partial charge in [0.1, 0.15) is 11.9 Å². The molecule has 3 N–H and O–H groups in total. The number of carbonyl (C=O) groups excluding carboxylic acids is 2. The van der Waals surface area contributed by atoms with Gasteiger partial charge >= 0.3 is 0 Å². The largest absolute Gasteiger partial charge is 0.497 e. The summed E-state index contributed by atoms with van der Waals surface area (Å²) in [6, 6.07) is 23.4. The van der Waals surface area contributed by atoms with Gasteiger partial charge in [-0.1, -0.05) is 79.0 Å². The molecule has 6 atom stereocenters. The molecule has 1 unspecified atom stereocenters. The maximum absolute atomic E-state index is 14.8. The summed E-state index contributed by atoms with van der Waals surface area (Å²) in [5.74, 6) is -0.473. The molecule has 268 valence electrons. The van der Waals surface area contributed by atoms with E-state index in [1.54, 1.807) is 28.8 Å². The van der Waals surface area contributed by atoms with Gasteiger partial charge < -0.3 is 29.9 Å². The van der Waals surface area contributed by atoms with Crippen LogP contribution in [0, 0.1) is 5.92 Å². The number of nitrogens with one attached hydrogen (secondary N) is 1. The number of amides is 2. The molecule has 4 aromatic rings. The molecule has 3 heterocycles. The summed E-state index contributed by atoms with van der Waals surface area (Å²) in [5.41, 5.74) is 2.17. The second kappa shape index (κ2) is 14.5. The summed E-state index contributed by atoms with van der Waals surface area (Å²) in [7, 11) is -0.750. The molecule has 1 aromatic heterocycles. The topological polar surface area (TPSA) is 139 Å². The first kappa shape index (κ1) is 36.2. The van der Waals surface area contributed by atoms with Gasteiger partial charge in [0.2, 0.25) is 0 Å². The number of benzene rings is 3. The van der Waals surface area contributed by atoms with Crippen LogP contribution >= 0.6 is 0 Å². The normalized spacial score (nSPS) is 22.5. The number of anilines is 2. The summed E-state index contributed by atoms with van der Waals surface area (Å²) in [5, 5.41) is 33.0. The lowest BCUT2D eigenvalue weighted by atomic mass is 9.82. The number of hydrogen-bond acceptors (Lipinski definition) is 8. The number of aliphatic hydroxyl groups is 2. The van der Waals surface area contributed by atoms with Crippen LogP contribution in [0.4, 0.5) is 11.4 Å². The highest BCUT2D eigenvalue weighted by molar-refractivity contribution is 6.91. The first-order chi connectivity index (χ1) is 24.5. The molecule has 2 aliphatic rings. The Morgan fingerprint density at radius 2 is 1.88 bits per heavy atom. The Kier molecular flexibility index (Phi) is 10.3. The average molecular weight is 710 g/mol. The van der Waals surface area contributed by atoms with Crippen molar-refractivity contribution >= 4 is 36.4 Å². The summed E-state index contributed by atoms with van der Waals surface area (Å²) >= 11 is 0. The lowest BCUT2D eigenvalue weighted by Crippen LogP contribution is -2.52. The number of ether oxygens (including phenoxy) is 2. The standard InChI is InChI=1S/C39H47N5O6Si/c1-7-20-44-34-18-13-28(40-37(47)26(3)46)22-32(34)39(38(44)48)25(2)36(51(5,6)30-16-14-29(49-4)15-17-30)35(50-39)19-21-43-23-33(41-42-43)31(24-45)27-11-9-8-10-12-27/h7-18,22-23,25-26,31,35-36,45-46H,1,19-21,24H2,2-6H3,(H,40,47)/t25-,26-,31?,35+,36-,39+/m0/s1. The lowest BCUT2D eigenvalue weighted by Gasteiger charge is -2.37. The van der Waals surface area contributed by atoms with Crippen molar-refractivity contribution in [2.45, 2.75) is 69.2 Å². The molecule has 1 saturated heterocycles. The number of hydrogen-bond donors (Lipinski definition) is 3. The van der Waals surface area contributed by atoms with E-state index in [0.717, 1.165) is 11.3 Å². The van der Waals surface area contributed by atoms with E-state index in [2.05, 4.69) is 54.4 Å². The number of methoxy groups -OCH3 is 1. The minimum atomic E-state index is -2.40. The van der Waals surface area contributed by atoms with Crippen molar-refractivity contribution in [3.63, 3.8) is 0 Å². The predicted molar refractivity (Wildman–Crippen MR) is 199 cm³/mol. The van der Waals surface area contributed by atoms with Crippen LogP contribution in [-0.4, -0.2) is 77.6 Å². The minimum Gasteiger partial charge on any atom is -0.497 e. The van der Waals surface area contributed by atoms with Crippen LogP contribution in [0.1, 0.15) is 43.0 Å². The van der Waals surface area contributed by atoms with E-state index in [4.69, 9.17) is 9.47 Å². The zero-order valence-corrected chi connectivity index (χ0v) is 30.8. The number of fused-ring (bicyclic) bond motifs is 2. The number of carbonyl (C=O) groups is 2. The van der Waals surface area contributed by atoms with Crippen LogP contribution in [0.15, 0.2) is 91.6 Å². The molecule has 0 aliphatic carbocycles. The minimum absolute atomic E-state index is 0.0143. The molecule has 11 nitrogen and oxygen atoms in total. The molecular weight excluding hydrogens is 663 g/mol. The van der Waals surface area contributed by atoms with Gasteiger partial charge in [0.05, 0.1) is 45.2 Å². The maximum atomic E-state index is 14.8. The fourth-order valence-electron chi connectivity index (χ4n) is 8.12. The highest BCUT2D eigenvalue weighted by Gasteiger charge is 2.66. The lowest BCUT2D eigenvalue weighted by molar-refractivity contribution is -0.145. The molecule has 6 rings (SSSR count). The Morgan fingerprint density at radius 1 is 1.16 bits per heavy atom. The summed E-state index contributed by atoms with van der Waals surface area (Å²) < 4.78 is 14.5. The van der Waals surface area contributed by atoms with Gasteiger partial charge in [-0.3, -0.25) is 14.3 Å². The van der Waals surface area contributed by atoms with Crippen molar-refractivity contribution in [1.29, 1.82) is 0 Å². The molecule has 2 aliphatic heterocycles. The SMILES string of the molecule is C=CCN1C(=O)[C@]2(O[C@H](CCn3cc(C(CO)c4ccccc4)nn3)[C@@H]([Si](C)(C)c3ccc(OC)cc3)[C@@H]2C)c2cc(NC(=O)[C@H](C)O)ccc21. The monoisotopic (exact) mass is 709 g/mol. The van der Waals surface area contributed by atoms with Gasteiger partial charge in [-0.15, -0.1) is 11.7 Å². The molecule has 0 radical (unpaired) electrons. The van der Waals surface area contributed by atoms with E-state index in [9.17, 15) is 19.8 Å². The van der Waals surface area contributed by atoms with Gasteiger partial charge in [0.25, 0.3) is 11.8 Å². The number of aromatic nitrogens is 3. The van der Waals surface area contributed by atoms with E-state index in [0.29, 0.717) is 42.1 Å². The maximum Gasteiger partial charge on any atom is 0.264 e. The molecule has 0 saturated carbocycles. The van der Waals surface area contributed by atoms with Gasteiger partial charge in [-0.05, 0) is 54.8 Å². The van der Waals surface area contributed by atoms with Gasteiger partial charge in [0.15, 0.2) is 5.60 Å². The van der Waals surface area contributed by atoms with Crippen LogP contribution < -0.4 is 20.1 Å². The van der Waals surface area contributed by atoms with Gasteiger partial charge in [-0.2, -0.15) is 0 Å². The third kappa shape index (κ3) is 6.53. The predicted octanol–water partition coefficient (Wildman–Crippen LogP) is 4.57. The zero-order valence-electron chi connectivity index (χ0n) is 29.8. The van der Waals surface area contributed by atoms with Crippen LogP contribution in [0.2, 0.25) is 18.6 Å². The highest BCUT2D eigenvalue weighted by Crippen LogP contribution is 2.60. The van der Waals surface area contributed by atoms with Crippen molar-refractivity contribution in [3.8, 4) is 5.75 Å². The van der Waals surface area contributed by atoms with Crippen LogP contribution in [0.5, 0.6) is 5.75 Å². The molecule has 2 amide bonds. The van der Waals surface area contributed by atoms with Crippen LogP contribution in [0.3, 0.4) is 0 Å². The van der Waals surface area contributed by atoms with E-state index < -0.39 is 25.7 Å². The number of nitrogens with zero attached hydrogens (tertiary/aromatic N) is 4. The Morgan fingerprint density at radius 3 is 2.53 bits per heavy atom. The molecule has 51 heavy (non-hydrogen) atoms.